The Morgan fingerprint density at radius 3 is 2.71 bits per heavy atom. The fraction of sp³-hybridized carbons (Fsp3) is 0.300. The normalized spacial score (nSPS) is 11.2. The number of nitrogen functional groups attached to an aromatic ring is 1. The van der Waals surface area contributed by atoms with Crippen molar-refractivity contribution in [3.8, 4) is 5.75 Å². The zero-order valence-corrected chi connectivity index (χ0v) is 10.8. The summed E-state index contributed by atoms with van der Waals surface area (Å²) in [6.07, 6.45) is 1.13. The lowest BCUT2D eigenvalue weighted by Gasteiger charge is -2.11. The number of nitrogens with one attached hydrogen (secondary N) is 1. The van der Waals surface area contributed by atoms with E-state index >= 15 is 0 Å². The van der Waals surface area contributed by atoms with E-state index in [9.17, 15) is 8.42 Å². The van der Waals surface area contributed by atoms with Crippen LogP contribution in [-0.2, 0) is 9.84 Å². The Morgan fingerprint density at radius 2 is 2.18 bits per heavy atom. The molecule has 94 valence electrons. The van der Waals surface area contributed by atoms with Crippen molar-refractivity contribution in [2.45, 2.75) is 0 Å². The maximum Gasteiger partial charge on any atom is 0.150 e. The second kappa shape index (κ2) is 5.37. The number of rotatable bonds is 5. The molecule has 0 aliphatic rings. The van der Waals surface area contributed by atoms with Crippen LogP contribution in [0.15, 0.2) is 18.2 Å². The van der Waals surface area contributed by atoms with Gasteiger partial charge in [0.05, 0.1) is 16.3 Å². The van der Waals surface area contributed by atoms with Crippen molar-refractivity contribution in [3.05, 3.63) is 28.8 Å². The van der Waals surface area contributed by atoms with E-state index in [0.29, 0.717) is 10.8 Å². The summed E-state index contributed by atoms with van der Waals surface area (Å²) in [4.78, 5) is 0. The Morgan fingerprint density at radius 1 is 1.53 bits per heavy atom. The average Bonchev–Trinajstić information content (AvgIpc) is 2.14. The van der Waals surface area contributed by atoms with E-state index in [0.717, 1.165) is 6.26 Å². The van der Waals surface area contributed by atoms with Crippen molar-refractivity contribution in [3.63, 3.8) is 0 Å². The molecule has 7 heteroatoms. The standard InChI is InChI=1S/C10H13ClN2O3S/c1-17(14,15)6-5-16-8-4-2-3-7(11)9(8)10(12)13/h2-4H,5-6H2,1H3,(H3,12,13). The molecule has 0 radical (unpaired) electrons. The van der Waals surface area contributed by atoms with Gasteiger partial charge in [0.15, 0.2) is 9.84 Å². The van der Waals surface area contributed by atoms with Crippen molar-refractivity contribution < 1.29 is 13.2 Å². The number of ether oxygens (including phenoxy) is 1. The number of nitrogens with two attached hydrogens (primary N) is 1. The maximum atomic E-state index is 10.9. The summed E-state index contributed by atoms with van der Waals surface area (Å²) in [6, 6.07) is 4.82. The highest BCUT2D eigenvalue weighted by molar-refractivity contribution is 7.90. The van der Waals surface area contributed by atoms with Gasteiger partial charge in [-0.2, -0.15) is 0 Å². The van der Waals surface area contributed by atoms with Crippen LogP contribution in [0.1, 0.15) is 5.56 Å². The lowest BCUT2D eigenvalue weighted by Crippen LogP contribution is -2.16. The Hall–Kier alpha value is -1.27. The number of sulfone groups is 1. The maximum absolute atomic E-state index is 10.9. The molecule has 0 fully saturated rings. The van der Waals surface area contributed by atoms with Gasteiger partial charge in [0.25, 0.3) is 0 Å². The lowest BCUT2D eigenvalue weighted by atomic mass is 10.2. The summed E-state index contributed by atoms with van der Waals surface area (Å²) in [5, 5.41) is 7.67. The third-order valence-corrected chi connectivity index (χ3v) is 3.18. The molecule has 0 aliphatic heterocycles. The van der Waals surface area contributed by atoms with Crippen molar-refractivity contribution in [2.75, 3.05) is 18.6 Å². The molecule has 0 atom stereocenters. The Balaban J connectivity index is 2.85. The molecule has 1 aromatic rings. The molecule has 0 heterocycles. The third-order valence-electron chi connectivity index (χ3n) is 1.96. The molecule has 0 aliphatic carbocycles. The molecule has 0 saturated heterocycles. The largest absolute Gasteiger partial charge is 0.492 e. The molecule has 0 amide bonds. The van der Waals surface area contributed by atoms with Gasteiger partial charge in [-0.05, 0) is 12.1 Å². The van der Waals surface area contributed by atoms with Crippen molar-refractivity contribution in [1.29, 1.82) is 5.41 Å². The summed E-state index contributed by atoms with van der Waals surface area (Å²) in [7, 11) is -3.08. The van der Waals surface area contributed by atoms with Crippen LogP contribution in [-0.4, -0.2) is 32.9 Å². The monoisotopic (exact) mass is 276 g/mol. The molecule has 3 N–H and O–H groups in total. The van der Waals surface area contributed by atoms with E-state index in [4.69, 9.17) is 27.5 Å². The quantitative estimate of drug-likeness (QED) is 0.621. The van der Waals surface area contributed by atoms with Crippen LogP contribution in [0.4, 0.5) is 0 Å². The van der Waals surface area contributed by atoms with Crippen LogP contribution in [0.2, 0.25) is 5.02 Å². The van der Waals surface area contributed by atoms with E-state index in [1.165, 1.54) is 0 Å². The fourth-order valence-electron chi connectivity index (χ4n) is 1.19. The molecular formula is C10H13ClN2O3S. The Bertz CT molecular complexity index is 528. The summed E-state index contributed by atoms with van der Waals surface area (Å²) < 4.78 is 27.1. The van der Waals surface area contributed by atoms with Crippen molar-refractivity contribution in [2.24, 2.45) is 5.73 Å². The summed E-state index contributed by atoms with van der Waals surface area (Å²) >= 11 is 5.87. The van der Waals surface area contributed by atoms with Gasteiger partial charge < -0.3 is 10.5 Å². The average molecular weight is 277 g/mol. The van der Waals surface area contributed by atoms with Gasteiger partial charge in [-0.1, -0.05) is 17.7 Å². The first kappa shape index (κ1) is 13.8. The third kappa shape index (κ3) is 4.24. The van der Waals surface area contributed by atoms with Crippen molar-refractivity contribution >= 4 is 27.3 Å². The second-order valence-electron chi connectivity index (χ2n) is 3.50. The van der Waals surface area contributed by atoms with Crippen LogP contribution in [0.3, 0.4) is 0 Å². The summed E-state index contributed by atoms with van der Waals surface area (Å²) in [6.45, 7) is -0.000540. The van der Waals surface area contributed by atoms with Gasteiger partial charge in [-0.15, -0.1) is 0 Å². The molecule has 0 spiro atoms. The molecule has 5 nitrogen and oxygen atoms in total. The lowest BCUT2D eigenvalue weighted by molar-refractivity contribution is 0.340. The van der Waals surface area contributed by atoms with Crippen LogP contribution in [0.25, 0.3) is 0 Å². The molecular weight excluding hydrogens is 264 g/mol. The van der Waals surface area contributed by atoms with E-state index in [-0.39, 0.29) is 23.8 Å². The van der Waals surface area contributed by atoms with Gasteiger partial charge in [0, 0.05) is 6.26 Å². The number of hydrogen-bond donors (Lipinski definition) is 2. The van der Waals surface area contributed by atoms with Crippen LogP contribution in [0.5, 0.6) is 5.75 Å². The molecule has 0 bridgehead atoms. The zero-order valence-electron chi connectivity index (χ0n) is 9.23. The highest BCUT2D eigenvalue weighted by atomic mass is 35.5. The molecule has 17 heavy (non-hydrogen) atoms. The molecule has 1 aromatic carbocycles. The van der Waals surface area contributed by atoms with Crippen LogP contribution < -0.4 is 10.5 Å². The van der Waals surface area contributed by atoms with Crippen molar-refractivity contribution in [1.82, 2.24) is 0 Å². The Labute approximate surface area is 105 Å². The van der Waals surface area contributed by atoms with E-state index in [1.807, 2.05) is 0 Å². The zero-order chi connectivity index (χ0) is 13.1. The fourth-order valence-corrected chi connectivity index (χ4v) is 1.84. The highest BCUT2D eigenvalue weighted by Gasteiger charge is 2.11. The molecule has 1 rings (SSSR count). The molecule has 0 saturated carbocycles. The minimum absolute atomic E-state index is 0.000540. The second-order valence-corrected chi connectivity index (χ2v) is 6.17. The predicted octanol–water partition coefficient (Wildman–Crippen LogP) is 1.05. The van der Waals surface area contributed by atoms with Gasteiger partial charge >= 0.3 is 0 Å². The minimum atomic E-state index is -3.08. The van der Waals surface area contributed by atoms with Gasteiger partial charge in [0.2, 0.25) is 0 Å². The highest BCUT2D eigenvalue weighted by Crippen LogP contribution is 2.25. The van der Waals surface area contributed by atoms with E-state index in [1.54, 1.807) is 18.2 Å². The topological polar surface area (TPSA) is 93.2 Å². The van der Waals surface area contributed by atoms with Gasteiger partial charge in [-0.25, -0.2) is 8.42 Å². The number of hydrogen-bond acceptors (Lipinski definition) is 4. The molecule has 0 aromatic heterocycles. The summed E-state index contributed by atoms with van der Waals surface area (Å²) in [5.41, 5.74) is 5.65. The van der Waals surface area contributed by atoms with Gasteiger partial charge in [0.1, 0.15) is 18.2 Å². The number of benzene rings is 1. The molecule has 0 unspecified atom stereocenters. The predicted molar refractivity (Wildman–Crippen MR) is 67.7 cm³/mol. The first-order valence-corrected chi connectivity index (χ1v) is 7.18. The number of amidine groups is 1. The Kier molecular flexibility index (Phi) is 4.36. The smallest absolute Gasteiger partial charge is 0.150 e. The van der Waals surface area contributed by atoms with E-state index < -0.39 is 9.84 Å². The SMILES string of the molecule is CS(=O)(=O)CCOc1cccc(Cl)c1C(=N)N. The van der Waals surface area contributed by atoms with E-state index in [2.05, 4.69) is 0 Å². The first-order chi connectivity index (χ1) is 7.81. The summed E-state index contributed by atoms with van der Waals surface area (Å²) in [5.74, 6) is -0.00441. The minimum Gasteiger partial charge on any atom is -0.492 e. The van der Waals surface area contributed by atoms with Crippen LogP contribution >= 0.6 is 11.6 Å². The van der Waals surface area contributed by atoms with Gasteiger partial charge in [-0.3, -0.25) is 5.41 Å². The van der Waals surface area contributed by atoms with Crippen LogP contribution in [0, 0.1) is 5.41 Å². The number of halogens is 1. The first-order valence-electron chi connectivity index (χ1n) is 4.74.